The number of rotatable bonds is 16. The summed E-state index contributed by atoms with van der Waals surface area (Å²) >= 11 is 0. The highest BCUT2D eigenvalue weighted by molar-refractivity contribution is 5.94. The Morgan fingerprint density at radius 3 is 1.90 bits per heavy atom. The summed E-state index contributed by atoms with van der Waals surface area (Å²) in [5, 5.41) is 35.4. The number of phenolic OH excluding ortho intramolecular Hbond substituents is 1. The zero-order valence-electron chi connectivity index (χ0n) is 21.6. The van der Waals surface area contributed by atoms with E-state index >= 15 is 0 Å². The van der Waals surface area contributed by atoms with Crippen molar-refractivity contribution >= 4 is 23.7 Å². The Labute approximate surface area is 226 Å². The number of aromatic hydroxyl groups is 1. The van der Waals surface area contributed by atoms with Crippen LogP contribution < -0.4 is 27.4 Å². The van der Waals surface area contributed by atoms with Crippen LogP contribution in [0.3, 0.4) is 0 Å². The van der Waals surface area contributed by atoms with Crippen LogP contribution >= 0.6 is 0 Å². The van der Waals surface area contributed by atoms with Crippen molar-refractivity contribution in [3.8, 4) is 5.75 Å². The average Bonchev–Trinajstić information content (AvgIpc) is 2.92. The smallest absolute Gasteiger partial charge is 0.328 e. The van der Waals surface area contributed by atoms with Crippen LogP contribution in [0.5, 0.6) is 5.75 Å². The molecule has 0 radical (unpaired) electrons. The van der Waals surface area contributed by atoms with E-state index in [1.165, 1.54) is 12.1 Å². The van der Waals surface area contributed by atoms with Crippen molar-refractivity contribution in [3.63, 3.8) is 0 Å². The van der Waals surface area contributed by atoms with E-state index in [1.807, 2.05) is 6.07 Å². The van der Waals surface area contributed by atoms with E-state index in [-0.39, 0.29) is 25.0 Å². The van der Waals surface area contributed by atoms with Gasteiger partial charge < -0.3 is 42.7 Å². The molecular weight excluding hydrogens is 506 g/mol. The van der Waals surface area contributed by atoms with Crippen molar-refractivity contribution in [1.29, 1.82) is 0 Å². The molecule has 10 N–H and O–H groups in total. The molecule has 3 amide bonds. The number of hydrogen-bond donors (Lipinski definition) is 8. The number of nitrogens with one attached hydrogen (secondary N) is 3. The van der Waals surface area contributed by atoms with Crippen LogP contribution in [-0.4, -0.2) is 76.3 Å². The van der Waals surface area contributed by atoms with Crippen molar-refractivity contribution in [2.24, 2.45) is 11.5 Å². The van der Waals surface area contributed by atoms with E-state index in [4.69, 9.17) is 11.5 Å². The molecular formula is C27H37N5O7. The highest BCUT2D eigenvalue weighted by Crippen LogP contribution is 2.12. The third-order valence-corrected chi connectivity index (χ3v) is 6.02. The molecule has 12 nitrogen and oxygen atoms in total. The average molecular weight is 544 g/mol. The number of nitrogens with two attached hydrogens (primary N) is 2. The minimum atomic E-state index is -1.54. The standard InChI is InChI=1S/C27H37N5O7/c28-13-5-4-8-21(25(36)32-23(16-33)27(38)39)30-26(37)22(15-17-6-2-1-3-7-17)31-24(35)20(29)14-18-9-11-19(34)12-10-18/h1-3,6-7,9-12,20-23,33-34H,4-5,8,13-16,28-29H2,(H,30,37)(H,31,35)(H,32,36)(H,38,39). The number of phenols is 1. The number of carbonyl (C=O) groups excluding carboxylic acids is 3. The Bertz CT molecular complexity index is 1080. The van der Waals surface area contributed by atoms with Gasteiger partial charge in [-0.05, 0) is 55.5 Å². The molecule has 0 heterocycles. The third kappa shape index (κ3) is 10.7. The Morgan fingerprint density at radius 2 is 1.31 bits per heavy atom. The summed E-state index contributed by atoms with van der Waals surface area (Å²) in [5.74, 6) is -3.37. The van der Waals surface area contributed by atoms with Gasteiger partial charge in [0.2, 0.25) is 17.7 Å². The molecule has 0 bridgehead atoms. The maximum atomic E-state index is 13.4. The maximum absolute atomic E-state index is 13.4. The van der Waals surface area contributed by atoms with Gasteiger partial charge >= 0.3 is 5.97 Å². The first-order valence-corrected chi connectivity index (χ1v) is 12.7. The highest BCUT2D eigenvalue weighted by Gasteiger charge is 2.30. The zero-order chi connectivity index (χ0) is 28.8. The molecule has 2 rings (SSSR count). The lowest BCUT2D eigenvalue weighted by atomic mass is 10.0. The Hall–Kier alpha value is -4.00. The van der Waals surface area contributed by atoms with Gasteiger partial charge in [-0.1, -0.05) is 42.5 Å². The first-order chi connectivity index (χ1) is 18.6. The number of aliphatic hydroxyl groups is 1. The van der Waals surface area contributed by atoms with Gasteiger partial charge in [0, 0.05) is 6.42 Å². The van der Waals surface area contributed by atoms with Crippen LogP contribution in [-0.2, 0) is 32.0 Å². The number of amides is 3. The molecule has 0 fully saturated rings. The molecule has 0 aliphatic heterocycles. The maximum Gasteiger partial charge on any atom is 0.328 e. The number of hydrogen-bond acceptors (Lipinski definition) is 8. The van der Waals surface area contributed by atoms with E-state index in [0.29, 0.717) is 24.9 Å². The lowest BCUT2D eigenvalue weighted by Crippen LogP contribution is -2.58. The molecule has 2 aromatic rings. The minimum absolute atomic E-state index is 0.0788. The van der Waals surface area contributed by atoms with Crippen molar-refractivity contribution in [3.05, 3.63) is 65.7 Å². The van der Waals surface area contributed by atoms with Gasteiger partial charge in [-0.25, -0.2) is 4.79 Å². The van der Waals surface area contributed by atoms with E-state index in [1.54, 1.807) is 36.4 Å². The first-order valence-electron chi connectivity index (χ1n) is 12.7. The second kappa shape index (κ2) is 16.1. The van der Waals surface area contributed by atoms with Crippen LogP contribution in [0, 0.1) is 0 Å². The summed E-state index contributed by atoms with van der Waals surface area (Å²) in [6.45, 7) is -0.460. The molecule has 39 heavy (non-hydrogen) atoms. The number of carboxylic acid groups (broad SMARTS) is 1. The lowest BCUT2D eigenvalue weighted by molar-refractivity contribution is -0.143. The number of carbonyl (C=O) groups is 4. The van der Waals surface area contributed by atoms with Crippen LogP contribution in [0.15, 0.2) is 54.6 Å². The zero-order valence-corrected chi connectivity index (χ0v) is 21.6. The molecule has 0 aliphatic carbocycles. The minimum Gasteiger partial charge on any atom is -0.508 e. The number of carboxylic acids is 1. The van der Waals surface area contributed by atoms with Gasteiger partial charge in [0.25, 0.3) is 0 Å². The molecule has 4 unspecified atom stereocenters. The van der Waals surface area contributed by atoms with Crippen molar-refractivity contribution in [1.82, 2.24) is 16.0 Å². The van der Waals surface area contributed by atoms with E-state index in [2.05, 4.69) is 16.0 Å². The Balaban J connectivity index is 2.19. The van der Waals surface area contributed by atoms with Gasteiger partial charge in [-0.3, -0.25) is 14.4 Å². The summed E-state index contributed by atoms with van der Waals surface area (Å²) < 4.78 is 0. The molecule has 212 valence electrons. The molecule has 0 aliphatic rings. The first kappa shape index (κ1) is 31.2. The van der Waals surface area contributed by atoms with Gasteiger partial charge in [-0.15, -0.1) is 0 Å². The highest BCUT2D eigenvalue weighted by atomic mass is 16.4. The predicted molar refractivity (Wildman–Crippen MR) is 143 cm³/mol. The van der Waals surface area contributed by atoms with Crippen LogP contribution in [0.1, 0.15) is 30.4 Å². The summed E-state index contributed by atoms with van der Waals surface area (Å²) in [6, 6.07) is 10.4. The monoisotopic (exact) mass is 543 g/mol. The molecule has 12 heteroatoms. The number of unbranched alkanes of at least 4 members (excludes halogenated alkanes) is 1. The number of aliphatic carboxylic acids is 1. The second-order valence-electron chi connectivity index (χ2n) is 9.16. The molecule has 0 aromatic heterocycles. The van der Waals surface area contributed by atoms with Gasteiger partial charge in [0.1, 0.15) is 23.9 Å². The lowest BCUT2D eigenvalue weighted by Gasteiger charge is -2.25. The normalized spacial score (nSPS) is 13.9. The summed E-state index contributed by atoms with van der Waals surface area (Å²) in [6.07, 6.45) is 1.47. The molecule has 2 aromatic carbocycles. The van der Waals surface area contributed by atoms with Crippen LogP contribution in [0.2, 0.25) is 0 Å². The molecule has 4 atom stereocenters. The van der Waals surface area contributed by atoms with E-state index in [9.17, 15) is 34.5 Å². The molecule has 0 spiro atoms. The Kier molecular flexibility index (Phi) is 12.9. The van der Waals surface area contributed by atoms with Crippen LogP contribution in [0.4, 0.5) is 0 Å². The second-order valence-corrected chi connectivity index (χ2v) is 9.16. The SMILES string of the molecule is NCCCCC(NC(=O)C(Cc1ccccc1)NC(=O)C(N)Cc1ccc(O)cc1)C(=O)NC(CO)C(=O)O. The van der Waals surface area contributed by atoms with Gasteiger partial charge in [0.05, 0.1) is 12.6 Å². The summed E-state index contributed by atoms with van der Waals surface area (Å²) in [7, 11) is 0. The topological polar surface area (TPSA) is 217 Å². The predicted octanol–water partition coefficient (Wildman–Crippen LogP) is -0.835. The third-order valence-electron chi connectivity index (χ3n) is 6.02. The fraction of sp³-hybridized carbons (Fsp3) is 0.407. The van der Waals surface area contributed by atoms with E-state index < -0.39 is 54.5 Å². The fourth-order valence-corrected chi connectivity index (χ4v) is 3.81. The van der Waals surface area contributed by atoms with E-state index in [0.717, 1.165) is 5.56 Å². The quantitative estimate of drug-likeness (QED) is 0.124. The fourth-order valence-electron chi connectivity index (χ4n) is 3.81. The summed E-state index contributed by atoms with van der Waals surface area (Å²) in [5.41, 5.74) is 13.1. The largest absolute Gasteiger partial charge is 0.508 e. The molecule has 0 saturated heterocycles. The molecule has 0 saturated carbocycles. The Morgan fingerprint density at radius 1 is 0.744 bits per heavy atom. The van der Waals surface area contributed by atoms with Crippen molar-refractivity contribution in [2.45, 2.75) is 56.3 Å². The van der Waals surface area contributed by atoms with Gasteiger partial charge in [-0.2, -0.15) is 0 Å². The van der Waals surface area contributed by atoms with Gasteiger partial charge in [0.15, 0.2) is 0 Å². The van der Waals surface area contributed by atoms with Crippen molar-refractivity contribution < 1.29 is 34.5 Å². The van der Waals surface area contributed by atoms with Crippen LogP contribution in [0.25, 0.3) is 0 Å². The number of aliphatic hydroxyl groups excluding tert-OH is 1. The van der Waals surface area contributed by atoms with Crippen molar-refractivity contribution in [2.75, 3.05) is 13.2 Å². The summed E-state index contributed by atoms with van der Waals surface area (Å²) in [4.78, 5) is 50.4. The number of benzene rings is 2.